The van der Waals surface area contributed by atoms with Crippen molar-refractivity contribution in [2.75, 3.05) is 11.5 Å². The average molecular weight is 481 g/mol. The van der Waals surface area contributed by atoms with E-state index in [4.69, 9.17) is 4.74 Å². The van der Waals surface area contributed by atoms with Crippen LogP contribution in [-0.4, -0.2) is 42.7 Å². The molecule has 2 aromatic rings. The van der Waals surface area contributed by atoms with E-state index >= 15 is 0 Å². The van der Waals surface area contributed by atoms with E-state index < -0.39 is 27.7 Å². The Kier molecular flexibility index (Phi) is 6.35. The first-order valence-electron chi connectivity index (χ1n) is 10.6. The van der Waals surface area contributed by atoms with Crippen LogP contribution in [0.4, 0.5) is 4.39 Å². The maximum Gasteiger partial charge on any atom is 0.271 e. The summed E-state index contributed by atoms with van der Waals surface area (Å²) in [4.78, 5) is 27.0. The van der Waals surface area contributed by atoms with Gasteiger partial charge in [-0.3, -0.25) is 14.5 Å². The Labute approximate surface area is 196 Å². The zero-order valence-electron chi connectivity index (χ0n) is 18.3. The summed E-state index contributed by atoms with van der Waals surface area (Å²) in [5, 5.41) is 9.55. The highest BCUT2D eigenvalue weighted by Crippen LogP contribution is 2.31. The van der Waals surface area contributed by atoms with Crippen molar-refractivity contribution < 1.29 is 27.1 Å². The number of carbonyl (C=O) groups is 2. The molecule has 0 N–H and O–H groups in total. The first-order valence-corrected chi connectivity index (χ1v) is 12.4. The van der Waals surface area contributed by atoms with Crippen LogP contribution in [0.25, 0.3) is 6.08 Å². The van der Waals surface area contributed by atoms with Crippen LogP contribution >= 0.6 is 0 Å². The molecule has 4 rings (SSSR count). The maximum atomic E-state index is 13.3. The summed E-state index contributed by atoms with van der Waals surface area (Å²) in [6, 6.07) is 13.9. The fraction of sp³-hybridized carbons (Fsp3) is 0.240. The minimum atomic E-state index is -3.34. The SMILES string of the molecule is CC1=C(C#N)C(=O)N(C2CCS(=O)(=O)C2)C(=O)C1=Cc1cccc(OCc2ccc(F)cc2)c1. The molecule has 2 aromatic carbocycles. The lowest BCUT2D eigenvalue weighted by Gasteiger charge is -2.31. The van der Waals surface area contributed by atoms with Gasteiger partial charge in [0.2, 0.25) is 0 Å². The number of amides is 2. The summed E-state index contributed by atoms with van der Waals surface area (Å²) in [6.45, 7) is 1.74. The van der Waals surface area contributed by atoms with E-state index in [-0.39, 0.29) is 47.1 Å². The van der Waals surface area contributed by atoms with Gasteiger partial charge in [-0.25, -0.2) is 12.8 Å². The fourth-order valence-electron chi connectivity index (χ4n) is 4.02. The summed E-state index contributed by atoms with van der Waals surface area (Å²) < 4.78 is 42.7. The van der Waals surface area contributed by atoms with E-state index in [2.05, 4.69) is 0 Å². The van der Waals surface area contributed by atoms with E-state index in [1.54, 1.807) is 42.5 Å². The monoisotopic (exact) mass is 480 g/mol. The molecule has 2 aliphatic heterocycles. The molecule has 2 aliphatic rings. The lowest BCUT2D eigenvalue weighted by molar-refractivity contribution is -0.142. The van der Waals surface area contributed by atoms with Crippen LogP contribution in [-0.2, 0) is 26.0 Å². The van der Waals surface area contributed by atoms with Gasteiger partial charge in [0.1, 0.15) is 29.8 Å². The number of halogens is 1. The molecule has 1 atom stereocenters. The number of ether oxygens (including phenoxy) is 1. The number of nitriles is 1. The quantitative estimate of drug-likeness (QED) is 0.481. The molecule has 2 amide bonds. The van der Waals surface area contributed by atoms with Crippen LogP contribution in [0, 0.1) is 17.1 Å². The number of rotatable bonds is 5. The van der Waals surface area contributed by atoms with Crippen molar-refractivity contribution >= 4 is 27.7 Å². The van der Waals surface area contributed by atoms with Crippen LogP contribution in [0.3, 0.4) is 0 Å². The molecule has 1 fully saturated rings. The largest absolute Gasteiger partial charge is 0.489 e. The number of benzene rings is 2. The maximum absolute atomic E-state index is 13.3. The molecular formula is C25H21FN2O5S. The second-order valence-corrected chi connectivity index (χ2v) is 10.4. The summed E-state index contributed by atoms with van der Waals surface area (Å²) in [5.41, 5.74) is 1.60. The lowest BCUT2D eigenvalue weighted by Crippen LogP contribution is -2.49. The van der Waals surface area contributed by atoms with Gasteiger partial charge in [0.05, 0.1) is 17.5 Å². The number of imide groups is 1. The molecule has 0 radical (unpaired) electrons. The van der Waals surface area contributed by atoms with Crippen LogP contribution in [0.1, 0.15) is 24.5 Å². The van der Waals surface area contributed by atoms with Crippen molar-refractivity contribution in [3.8, 4) is 11.8 Å². The van der Waals surface area contributed by atoms with E-state index in [1.165, 1.54) is 19.1 Å². The second kappa shape index (κ2) is 9.23. The fourth-order valence-corrected chi connectivity index (χ4v) is 5.72. The van der Waals surface area contributed by atoms with Gasteiger partial charge < -0.3 is 4.74 Å². The van der Waals surface area contributed by atoms with Gasteiger partial charge in [0.15, 0.2) is 9.84 Å². The molecule has 9 heteroatoms. The molecule has 1 saturated heterocycles. The number of carbonyl (C=O) groups excluding carboxylic acids is 2. The van der Waals surface area contributed by atoms with Crippen molar-refractivity contribution in [3.05, 3.63) is 82.2 Å². The summed E-state index contributed by atoms with van der Waals surface area (Å²) >= 11 is 0. The molecule has 7 nitrogen and oxygen atoms in total. The lowest BCUT2D eigenvalue weighted by atomic mass is 9.92. The van der Waals surface area contributed by atoms with Gasteiger partial charge in [-0.2, -0.15) is 5.26 Å². The van der Waals surface area contributed by atoms with Crippen LogP contribution in [0.2, 0.25) is 0 Å². The molecule has 0 spiro atoms. The van der Waals surface area contributed by atoms with E-state index in [0.29, 0.717) is 11.3 Å². The van der Waals surface area contributed by atoms with Crippen LogP contribution in [0.5, 0.6) is 5.75 Å². The number of sulfone groups is 1. The highest BCUT2D eigenvalue weighted by molar-refractivity contribution is 7.91. The Morgan fingerprint density at radius 2 is 1.91 bits per heavy atom. The summed E-state index contributed by atoms with van der Waals surface area (Å²) in [5.74, 6) is -1.62. The second-order valence-electron chi connectivity index (χ2n) is 8.19. The predicted octanol–water partition coefficient (Wildman–Crippen LogP) is 3.18. The van der Waals surface area contributed by atoms with Gasteiger partial charge in [-0.05, 0) is 60.4 Å². The normalized spacial score (nSPS) is 21.1. The molecule has 174 valence electrons. The summed E-state index contributed by atoms with van der Waals surface area (Å²) in [6.07, 6.45) is 1.71. The van der Waals surface area contributed by atoms with Crippen LogP contribution in [0.15, 0.2) is 65.3 Å². The molecule has 0 saturated carbocycles. The number of hydrogen-bond donors (Lipinski definition) is 0. The van der Waals surface area contributed by atoms with Crippen LogP contribution < -0.4 is 4.74 Å². The topological polar surface area (TPSA) is 105 Å². The van der Waals surface area contributed by atoms with E-state index in [0.717, 1.165) is 10.5 Å². The van der Waals surface area contributed by atoms with Gasteiger partial charge in [-0.15, -0.1) is 0 Å². The molecule has 0 aliphatic carbocycles. The third kappa shape index (κ3) is 4.77. The zero-order chi connectivity index (χ0) is 24.5. The molecule has 34 heavy (non-hydrogen) atoms. The molecule has 0 bridgehead atoms. The first-order chi connectivity index (χ1) is 16.2. The minimum absolute atomic E-state index is 0.105. The van der Waals surface area contributed by atoms with Gasteiger partial charge in [0.25, 0.3) is 11.8 Å². The Balaban J connectivity index is 1.63. The van der Waals surface area contributed by atoms with Crippen molar-refractivity contribution in [3.63, 3.8) is 0 Å². The zero-order valence-corrected chi connectivity index (χ0v) is 19.1. The third-order valence-corrected chi connectivity index (χ3v) is 7.58. The molecule has 2 heterocycles. The van der Waals surface area contributed by atoms with Gasteiger partial charge >= 0.3 is 0 Å². The Morgan fingerprint density at radius 3 is 2.56 bits per heavy atom. The van der Waals surface area contributed by atoms with E-state index in [9.17, 15) is 27.7 Å². The molecule has 0 aromatic heterocycles. The number of hydrogen-bond acceptors (Lipinski definition) is 6. The van der Waals surface area contributed by atoms with Crippen molar-refractivity contribution in [2.45, 2.75) is 26.0 Å². The predicted molar refractivity (Wildman–Crippen MR) is 122 cm³/mol. The minimum Gasteiger partial charge on any atom is -0.489 e. The van der Waals surface area contributed by atoms with Crippen molar-refractivity contribution in [1.82, 2.24) is 4.90 Å². The summed E-state index contributed by atoms with van der Waals surface area (Å²) in [7, 11) is -3.34. The molecule has 1 unspecified atom stereocenters. The molecular weight excluding hydrogens is 459 g/mol. The average Bonchev–Trinajstić information content (AvgIpc) is 3.16. The van der Waals surface area contributed by atoms with Gasteiger partial charge in [-0.1, -0.05) is 24.3 Å². The highest BCUT2D eigenvalue weighted by atomic mass is 32.2. The Morgan fingerprint density at radius 1 is 1.18 bits per heavy atom. The standard InChI is InChI=1S/C25H21FN2O5S/c1-16-22(24(29)28(25(30)23(16)13-27)20-9-10-34(31,32)15-20)12-18-3-2-4-21(11-18)33-14-17-5-7-19(26)8-6-17/h2-8,11-12,20H,9-10,14-15H2,1H3. The van der Waals surface area contributed by atoms with E-state index in [1.807, 2.05) is 6.07 Å². The highest BCUT2D eigenvalue weighted by Gasteiger charge is 2.43. The Hall–Kier alpha value is -3.77. The van der Waals surface area contributed by atoms with Crippen molar-refractivity contribution in [1.29, 1.82) is 5.26 Å². The smallest absolute Gasteiger partial charge is 0.271 e. The first kappa shape index (κ1) is 23.4. The third-order valence-electron chi connectivity index (χ3n) is 5.83. The number of nitrogens with zero attached hydrogens (tertiary/aromatic N) is 2. The van der Waals surface area contributed by atoms with Crippen molar-refractivity contribution in [2.24, 2.45) is 0 Å². The Bertz CT molecular complexity index is 1370. The van der Waals surface area contributed by atoms with Gasteiger partial charge in [0, 0.05) is 5.57 Å².